The largest absolute Gasteiger partial charge is 0.297 e. The van der Waals surface area contributed by atoms with E-state index in [1.54, 1.807) is 11.3 Å². The number of hydrogen-bond acceptors (Lipinski definition) is 3. The Hall–Kier alpha value is -0.120. The molecule has 0 aliphatic heterocycles. The van der Waals surface area contributed by atoms with Gasteiger partial charge in [-0.15, -0.1) is 22.9 Å². The molecular weight excluding hydrogens is 252 g/mol. The topological polar surface area (TPSA) is 16.1 Å². The zero-order valence-corrected chi connectivity index (χ0v) is 12.7. The summed E-state index contributed by atoms with van der Waals surface area (Å²) in [6.45, 7) is 10.0. The molecule has 0 spiro atoms. The molecule has 0 saturated heterocycles. The predicted molar refractivity (Wildman–Crippen MR) is 76.7 cm³/mol. The maximum atomic E-state index is 5.77. The predicted octanol–water partition coefficient (Wildman–Crippen LogP) is 4.14. The van der Waals surface area contributed by atoms with Crippen LogP contribution in [0.25, 0.3) is 0 Å². The summed E-state index contributed by atoms with van der Waals surface area (Å²) in [6.07, 6.45) is 2.52. The van der Waals surface area contributed by atoms with Gasteiger partial charge in [-0.05, 0) is 12.5 Å². The van der Waals surface area contributed by atoms with E-state index in [9.17, 15) is 0 Å². The molecule has 0 aliphatic carbocycles. The van der Waals surface area contributed by atoms with E-state index in [2.05, 4.69) is 36.0 Å². The summed E-state index contributed by atoms with van der Waals surface area (Å²) in [5.74, 6) is 1.33. The summed E-state index contributed by atoms with van der Waals surface area (Å²) in [5.41, 5.74) is 1.00. The Kier molecular flexibility index (Phi) is 7.09. The van der Waals surface area contributed by atoms with E-state index >= 15 is 0 Å². The Labute approximate surface area is 114 Å². The molecule has 0 fully saturated rings. The van der Waals surface area contributed by atoms with Crippen LogP contribution in [-0.4, -0.2) is 23.0 Å². The van der Waals surface area contributed by atoms with Crippen LogP contribution in [0.2, 0.25) is 0 Å². The third-order valence-corrected chi connectivity index (χ3v) is 4.37. The first kappa shape index (κ1) is 14.9. The molecule has 0 amide bonds. The molecule has 0 unspecified atom stereocenters. The van der Waals surface area contributed by atoms with E-state index in [4.69, 9.17) is 11.6 Å². The Balaban J connectivity index is 2.50. The highest BCUT2D eigenvalue weighted by molar-refractivity contribution is 7.09. The van der Waals surface area contributed by atoms with Crippen molar-refractivity contribution < 1.29 is 0 Å². The SMILES string of the molecule is CCC(CC)CN(CC)Cc1nc(CCl)cs1. The Bertz CT molecular complexity index is 310. The van der Waals surface area contributed by atoms with E-state index < -0.39 is 0 Å². The normalized spacial score (nSPS) is 11.6. The number of aromatic nitrogens is 1. The third kappa shape index (κ3) is 4.94. The van der Waals surface area contributed by atoms with Crippen molar-refractivity contribution in [3.8, 4) is 0 Å². The molecule has 4 heteroatoms. The van der Waals surface area contributed by atoms with Gasteiger partial charge in [0.05, 0.1) is 18.1 Å². The minimum absolute atomic E-state index is 0.523. The van der Waals surface area contributed by atoms with Crippen LogP contribution in [0.4, 0.5) is 0 Å². The minimum Gasteiger partial charge on any atom is -0.297 e. The third-order valence-electron chi connectivity index (χ3n) is 3.21. The second-order valence-corrected chi connectivity index (χ2v) is 5.59. The Morgan fingerprint density at radius 1 is 1.35 bits per heavy atom. The van der Waals surface area contributed by atoms with Crippen LogP contribution < -0.4 is 0 Å². The summed E-state index contributed by atoms with van der Waals surface area (Å²) >= 11 is 7.49. The molecule has 1 rings (SSSR count). The number of rotatable bonds is 8. The van der Waals surface area contributed by atoms with Gasteiger partial charge in [-0.1, -0.05) is 33.6 Å². The highest BCUT2D eigenvalue weighted by atomic mass is 35.5. The van der Waals surface area contributed by atoms with Gasteiger partial charge in [0.2, 0.25) is 0 Å². The van der Waals surface area contributed by atoms with Crippen molar-refractivity contribution in [3.63, 3.8) is 0 Å². The van der Waals surface area contributed by atoms with E-state index in [1.807, 2.05) is 0 Å². The zero-order chi connectivity index (χ0) is 12.7. The quantitative estimate of drug-likeness (QED) is 0.663. The molecule has 0 atom stereocenters. The summed E-state index contributed by atoms with van der Waals surface area (Å²) in [4.78, 5) is 7.00. The van der Waals surface area contributed by atoms with Gasteiger partial charge in [0.1, 0.15) is 5.01 Å². The van der Waals surface area contributed by atoms with Crippen LogP contribution in [0.3, 0.4) is 0 Å². The van der Waals surface area contributed by atoms with Gasteiger partial charge in [-0.3, -0.25) is 4.90 Å². The van der Waals surface area contributed by atoms with Crippen LogP contribution in [0.15, 0.2) is 5.38 Å². The van der Waals surface area contributed by atoms with E-state index in [1.165, 1.54) is 24.4 Å². The van der Waals surface area contributed by atoms with Gasteiger partial charge in [0.15, 0.2) is 0 Å². The number of hydrogen-bond donors (Lipinski definition) is 0. The van der Waals surface area contributed by atoms with Crippen LogP contribution in [0.5, 0.6) is 0 Å². The molecule has 1 aromatic rings. The van der Waals surface area contributed by atoms with E-state index in [-0.39, 0.29) is 0 Å². The molecule has 2 nitrogen and oxygen atoms in total. The number of thiazole rings is 1. The fraction of sp³-hybridized carbons (Fsp3) is 0.769. The molecule has 0 aliphatic rings. The zero-order valence-electron chi connectivity index (χ0n) is 11.1. The van der Waals surface area contributed by atoms with Gasteiger partial charge >= 0.3 is 0 Å². The smallest absolute Gasteiger partial charge is 0.107 e. The highest BCUT2D eigenvalue weighted by Gasteiger charge is 2.12. The van der Waals surface area contributed by atoms with Crippen LogP contribution in [0.1, 0.15) is 44.3 Å². The average Bonchev–Trinajstić information content (AvgIpc) is 2.82. The molecule has 17 heavy (non-hydrogen) atoms. The van der Waals surface area contributed by atoms with Gasteiger partial charge in [0.25, 0.3) is 0 Å². The fourth-order valence-electron chi connectivity index (χ4n) is 1.89. The van der Waals surface area contributed by atoms with Crippen molar-refractivity contribution >= 4 is 22.9 Å². The standard InChI is InChI=1S/C13H23ClN2S/c1-4-11(5-2)8-16(6-3)9-13-15-12(7-14)10-17-13/h10-11H,4-9H2,1-3H3. The summed E-state index contributed by atoms with van der Waals surface area (Å²) in [7, 11) is 0. The lowest BCUT2D eigenvalue weighted by molar-refractivity contribution is 0.226. The monoisotopic (exact) mass is 274 g/mol. The first-order chi connectivity index (χ1) is 8.23. The highest BCUT2D eigenvalue weighted by Crippen LogP contribution is 2.16. The second-order valence-electron chi connectivity index (χ2n) is 4.38. The summed E-state index contributed by atoms with van der Waals surface area (Å²) < 4.78 is 0. The van der Waals surface area contributed by atoms with Crippen molar-refractivity contribution in [2.45, 2.75) is 46.0 Å². The summed E-state index contributed by atoms with van der Waals surface area (Å²) in [6, 6.07) is 0. The van der Waals surface area contributed by atoms with E-state index in [0.29, 0.717) is 5.88 Å². The first-order valence-corrected chi connectivity index (χ1v) is 7.86. The van der Waals surface area contributed by atoms with Gasteiger partial charge < -0.3 is 0 Å². The van der Waals surface area contributed by atoms with Crippen molar-refractivity contribution in [2.75, 3.05) is 13.1 Å². The van der Waals surface area contributed by atoms with Crippen LogP contribution >= 0.6 is 22.9 Å². The lowest BCUT2D eigenvalue weighted by Crippen LogP contribution is -2.28. The van der Waals surface area contributed by atoms with Crippen molar-refractivity contribution in [2.24, 2.45) is 5.92 Å². The van der Waals surface area contributed by atoms with Crippen molar-refractivity contribution in [3.05, 3.63) is 16.1 Å². The molecule has 98 valence electrons. The lowest BCUT2D eigenvalue weighted by atomic mass is 10.0. The second kappa shape index (κ2) is 8.06. The molecule has 0 radical (unpaired) electrons. The maximum absolute atomic E-state index is 5.77. The van der Waals surface area contributed by atoms with Crippen LogP contribution in [0, 0.1) is 5.92 Å². The minimum atomic E-state index is 0.523. The van der Waals surface area contributed by atoms with Crippen LogP contribution in [-0.2, 0) is 12.4 Å². The number of halogens is 1. The lowest BCUT2D eigenvalue weighted by Gasteiger charge is -2.24. The van der Waals surface area contributed by atoms with Crippen molar-refractivity contribution in [1.82, 2.24) is 9.88 Å². The van der Waals surface area contributed by atoms with E-state index in [0.717, 1.165) is 24.7 Å². The Morgan fingerprint density at radius 2 is 2.06 bits per heavy atom. The molecule has 1 heterocycles. The maximum Gasteiger partial charge on any atom is 0.107 e. The van der Waals surface area contributed by atoms with Gasteiger partial charge in [0, 0.05) is 11.9 Å². The number of alkyl halides is 1. The molecular formula is C13H23ClN2S. The van der Waals surface area contributed by atoms with Gasteiger partial charge in [-0.2, -0.15) is 0 Å². The molecule has 0 N–H and O–H groups in total. The molecule has 0 aromatic carbocycles. The Morgan fingerprint density at radius 3 is 2.53 bits per heavy atom. The molecule has 0 bridgehead atoms. The molecule has 1 aromatic heterocycles. The molecule has 0 saturated carbocycles. The van der Waals surface area contributed by atoms with Gasteiger partial charge in [-0.25, -0.2) is 4.98 Å². The summed E-state index contributed by atoms with van der Waals surface area (Å²) in [5, 5.41) is 3.25. The number of nitrogens with zero attached hydrogens (tertiary/aromatic N) is 2. The van der Waals surface area contributed by atoms with Crippen molar-refractivity contribution in [1.29, 1.82) is 0 Å². The fourth-order valence-corrected chi connectivity index (χ4v) is 2.96. The average molecular weight is 275 g/mol. The first-order valence-electron chi connectivity index (χ1n) is 6.44.